The lowest BCUT2D eigenvalue weighted by molar-refractivity contribution is 0.269. The number of alkyl halides is 1. The maximum absolute atomic E-state index is 13.7. The molecule has 0 bridgehead atoms. The van der Waals surface area contributed by atoms with Crippen LogP contribution in [0.25, 0.3) is 0 Å². The number of nitrogens with zero attached hydrogens (tertiary/aromatic N) is 3. The highest BCUT2D eigenvalue weighted by atomic mass is 79.9. The minimum atomic E-state index is -0.368. The molecule has 0 aliphatic carbocycles. The van der Waals surface area contributed by atoms with Crippen LogP contribution in [-0.2, 0) is 11.9 Å². The van der Waals surface area contributed by atoms with E-state index in [0.29, 0.717) is 11.2 Å². The maximum Gasteiger partial charge on any atom is 0.165 e. The van der Waals surface area contributed by atoms with E-state index in [9.17, 15) is 4.39 Å². The molecule has 0 radical (unpaired) electrons. The molecule has 19 heavy (non-hydrogen) atoms. The fraction of sp³-hybridized carbons (Fsp3) is 0.385. The molecule has 0 aliphatic rings. The zero-order valence-electron chi connectivity index (χ0n) is 10.8. The zero-order chi connectivity index (χ0) is 13.8. The Balaban J connectivity index is 2.08. The molecule has 0 atom stereocenters. The van der Waals surface area contributed by atoms with Gasteiger partial charge in [0.1, 0.15) is 12.9 Å². The van der Waals surface area contributed by atoms with Crippen LogP contribution in [0.15, 0.2) is 24.5 Å². The Kier molecular flexibility index (Phi) is 4.52. The van der Waals surface area contributed by atoms with Crippen molar-refractivity contribution >= 4 is 15.9 Å². The van der Waals surface area contributed by atoms with Gasteiger partial charge in [0.05, 0.1) is 0 Å². The van der Waals surface area contributed by atoms with Crippen molar-refractivity contribution in [2.75, 3.05) is 0 Å². The number of halogens is 2. The van der Waals surface area contributed by atoms with Crippen LogP contribution >= 0.6 is 15.9 Å². The lowest BCUT2D eigenvalue weighted by Gasteiger charge is -2.11. The monoisotopic (exact) mass is 327 g/mol. The van der Waals surface area contributed by atoms with Crippen LogP contribution in [0.5, 0.6) is 5.75 Å². The molecule has 0 spiro atoms. The van der Waals surface area contributed by atoms with Crippen LogP contribution in [0.4, 0.5) is 4.39 Å². The predicted octanol–water partition coefficient (Wildman–Crippen LogP) is 3.47. The summed E-state index contributed by atoms with van der Waals surface area (Å²) in [7, 11) is 0. The van der Waals surface area contributed by atoms with Crippen LogP contribution in [-0.4, -0.2) is 14.8 Å². The summed E-state index contributed by atoms with van der Waals surface area (Å²) in [4.78, 5) is 4.11. The molecule has 0 fully saturated rings. The zero-order valence-corrected chi connectivity index (χ0v) is 12.4. The molecule has 102 valence electrons. The van der Waals surface area contributed by atoms with E-state index < -0.39 is 0 Å². The van der Waals surface area contributed by atoms with Crippen LogP contribution in [0.1, 0.15) is 31.3 Å². The van der Waals surface area contributed by atoms with Crippen molar-refractivity contribution in [3.63, 3.8) is 0 Å². The molecule has 6 heteroatoms. The normalized spacial score (nSPS) is 11.0. The SMILES string of the molecule is CC(C)n1ncnc1COc1ccc(CBr)cc1F. The number of hydrogen-bond donors (Lipinski definition) is 0. The first-order valence-electron chi connectivity index (χ1n) is 5.97. The van der Waals surface area contributed by atoms with Crippen molar-refractivity contribution in [1.82, 2.24) is 14.8 Å². The minimum Gasteiger partial charge on any atom is -0.483 e. The number of aromatic nitrogens is 3. The number of hydrogen-bond acceptors (Lipinski definition) is 3. The smallest absolute Gasteiger partial charge is 0.165 e. The first-order valence-corrected chi connectivity index (χ1v) is 7.09. The fourth-order valence-corrected chi connectivity index (χ4v) is 2.04. The Labute approximate surface area is 119 Å². The van der Waals surface area contributed by atoms with E-state index >= 15 is 0 Å². The summed E-state index contributed by atoms with van der Waals surface area (Å²) in [6.07, 6.45) is 1.48. The van der Waals surface area contributed by atoms with Gasteiger partial charge in [-0.3, -0.25) is 0 Å². The molecular formula is C13H15BrFN3O. The van der Waals surface area contributed by atoms with Gasteiger partial charge in [-0.15, -0.1) is 0 Å². The van der Waals surface area contributed by atoms with Crippen LogP contribution in [0.2, 0.25) is 0 Å². The van der Waals surface area contributed by atoms with Crippen molar-refractivity contribution in [3.05, 3.63) is 41.7 Å². The van der Waals surface area contributed by atoms with Gasteiger partial charge in [-0.05, 0) is 31.5 Å². The van der Waals surface area contributed by atoms with Crippen molar-refractivity contribution in [2.24, 2.45) is 0 Å². The second-order valence-corrected chi connectivity index (χ2v) is 4.96. The Morgan fingerprint density at radius 1 is 1.42 bits per heavy atom. The lowest BCUT2D eigenvalue weighted by Crippen LogP contribution is -2.11. The first kappa shape index (κ1) is 14.0. The lowest BCUT2D eigenvalue weighted by atomic mass is 10.2. The minimum absolute atomic E-state index is 0.196. The average Bonchev–Trinajstić information content (AvgIpc) is 2.85. The van der Waals surface area contributed by atoms with Gasteiger partial charge < -0.3 is 4.74 Å². The van der Waals surface area contributed by atoms with E-state index in [-0.39, 0.29) is 24.2 Å². The van der Waals surface area contributed by atoms with Crippen molar-refractivity contribution in [3.8, 4) is 5.75 Å². The highest BCUT2D eigenvalue weighted by Crippen LogP contribution is 2.20. The van der Waals surface area contributed by atoms with E-state index in [2.05, 4.69) is 26.0 Å². The molecule has 0 saturated carbocycles. The Hall–Kier alpha value is -1.43. The highest BCUT2D eigenvalue weighted by molar-refractivity contribution is 9.08. The van der Waals surface area contributed by atoms with Crippen LogP contribution in [0.3, 0.4) is 0 Å². The number of rotatable bonds is 5. The molecule has 0 unspecified atom stereocenters. The molecule has 0 amide bonds. The summed E-state index contributed by atoms with van der Waals surface area (Å²) >= 11 is 3.28. The van der Waals surface area contributed by atoms with Gasteiger partial charge in [-0.2, -0.15) is 5.10 Å². The van der Waals surface area contributed by atoms with Crippen molar-refractivity contribution < 1.29 is 9.13 Å². The number of ether oxygens (including phenoxy) is 1. The third-order valence-electron chi connectivity index (χ3n) is 2.64. The number of benzene rings is 1. The van der Waals surface area contributed by atoms with Gasteiger partial charge in [0.25, 0.3) is 0 Å². The van der Waals surface area contributed by atoms with E-state index in [1.807, 2.05) is 19.9 Å². The van der Waals surface area contributed by atoms with Crippen molar-refractivity contribution in [1.29, 1.82) is 0 Å². The fourth-order valence-electron chi connectivity index (χ4n) is 1.70. The standard InChI is InChI=1S/C13H15BrFN3O/c1-9(2)18-13(16-8-17-18)7-19-12-4-3-10(6-14)5-11(12)15/h3-5,8-9H,6-7H2,1-2H3. The van der Waals surface area contributed by atoms with Gasteiger partial charge in [0.15, 0.2) is 17.4 Å². The first-order chi connectivity index (χ1) is 9.11. The summed E-state index contributed by atoms with van der Waals surface area (Å²) in [6, 6.07) is 5.10. The molecular weight excluding hydrogens is 313 g/mol. The molecule has 1 heterocycles. The Morgan fingerprint density at radius 2 is 2.21 bits per heavy atom. The quantitative estimate of drug-likeness (QED) is 0.789. The van der Waals surface area contributed by atoms with Gasteiger partial charge >= 0.3 is 0 Å². The molecule has 2 rings (SSSR count). The summed E-state index contributed by atoms with van der Waals surface area (Å²) in [6.45, 7) is 4.20. The predicted molar refractivity (Wildman–Crippen MR) is 73.8 cm³/mol. The third-order valence-corrected chi connectivity index (χ3v) is 3.29. The van der Waals surface area contributed by atoms with Crippen LogP contribution < -0.4 is 4.74 Å². The van der Waals surface area contributed by atoms with Crippen molar-refractivity contribution in [2.45, 2.75) is 31.8 Å². The Bertz CT molecular complexity index is 557. The molecule has 2 aromatic rings. The molecule has 1 aromatic heterocycles. The maximum atomic E-state index is 13.7. The van der Waals surface area contributed by atoms with Gasteiger partial charge in [0.2, 0.25) is 0 Å². The summed E-state index contributed by atoms with van der Waals surface area (Å²) in [5.41, 5.74) is 0.871. The molecule has 0 N–H and O–H groups in total. The van der Waals surface area contributed by atoms with E-state index in [4.69, 9.17) is 4.74 Å². The largest absolute Gasteiger partial charge is 0.483 e. The summed E-state index contributed by atoms with van der Waals surface area (Å²) < 4.78 is 20.9. The summed E-state index contributed by atoms with van der Waals surface area (Å²) in [5.74, 6) is 0.537. The molecule has 4 nitrogen and oxygen atoms in total. The second kappa shape index (κ2) is 6.14. The van der Waals surface area contributed by atoms with Gasteiger partial charge in [-0.25, -0.2) is 14.1 Å². The summed E-state index contributed by atoms with van der Waals surface area (Å²) in [5, 5.41) is 4.72. The molecule has 0 saturated heterocycles. The van der Waals surface area contributed by atoms with Gasteiger partial charge in [0, 0.05) is 11.4 Å². The van der Waals surface area contributed by atoms with E-state index in [1.54, 1.807) is 10.7 Å². The highest BCUT2D eigenvalue weighted by Gasteiger charge is 2.10. The van der Waals surface area contributed by atoms with E-state index in [1.165, 1.54) is 12.4 Å². The van der Waals surface area contributed by atoms with E-state index in [0.717, 1.165) is 5.56 Å². The molecule has 1 aromatic carbocycles. The topological polar surface area (TPSA) is 39.9 Å². The molecule has 0 aliphatic heterocycles. The average molecular weight is 328 g/mol. The van der Waals surface area contributed by atoms with Gasteiger partial charge in [-0.1, -0.05) is 22.0 Å². The third kappa shape index (κ3) is 3.32. The van der Waals surface area contributed by atoms with Crippen LogP contribution in [0, 0.1) is 5.82 Å². The Morgan fingerprint density at radius 3 is 2.84 bits per heavy atom. The second-order valence-electron chi connectivity index (χ2n) is 4.40.